The van der Waals surface area contributed by atoms with Gasteiger partial charge in [0.05, 0.1) is 6.07 Å². The third kappa shape index (κ3) is 1.79. The molecule has 0 amide bonds. The number of benzene rings is 2. The molecule has 0 radical (unpaired) electrons. The van der Waals surface area contributed by atoms with E-state index in [9.17, 15) is 5.26 Å². The number of halogens is 1. The van der Waals surface area contributed by atoms with Crippen LogP contribution >= 0.6 is 15.9 Å². The Morgan fingerprint density at radius 3 is 2.83 bits per heavy atom. The molecule has 2 nitrogen and oxygen atoms in total. The lowest BCUT2D eigenvalue weighted by molar-refractivity contribution is 0.307. The van der Waals surface area contributed by atoms with Gasteiger partial charge in [0.15, 0.2) is 0 Å². The van der Waals surface area contributed by atoms with E-state index in [0.717, 1.165) is 26.9 Å². The van der Waals surface area contributed by atoms with Crippen LogP contribution in [0, 0.1) is 11.3 Å². The highest BCUT2D eigenvalue weighted by atomic mass is 79.9. The van der Waals surface area contributed by atoms with Crippen molar-refractivity contribution in [1.82, 2.24) is 0 Å². The van der Waals surface area contributed by atoms with Crippen molar-refractivity contribution in [2.24, 2.45) is 0 Å². The third-order valence-electron chi connectivity index (χ3n) is 3.16. The number of nitrogens with zero attached hydrogens (tertiary/aromatic N) is 1. The number of fused-ring (bicyclic) bond motifs is 2. The molecule has 0 aromatic heterocycles. The summed E-state index contributed by atoms with van der Waals surface area (Å²) in [5.74, 6) is 0.535. The van der Waals surface area contributed by atoms with Crippen molar-refractivity contribution in [3.8, 4) is 11.8 Å². The fourth-order valence-electron chi connectivity index (χ4n) is 2.28. The molecule has 1 atom stereocenters. The summed E-state index contributed by atoms with van der Waals surface area (Å²) in [6, 6.07) is 16.1. The van der Waals surface area contributed by atoms with Gasteiger partial charge in [0.25, 0.3) is 0 Å². The molecule has 0 saturated carbocycles. The number of rotatable bonds is 0. The maximum atomic E-state index is 9.48. The molecular weight excluding hydrogens is 290 g/mol. The smallest absolute Gasteiger partial charge is 0.124 e. The van der Waals surface area contributed by atoms with E-state index in [-0.39, 0.29) is 5.92 Å². The molecule has 0 fully saturated rings. The molecule has 0 spiro atoms. The zero-order valence-corrected chi connectivity index (χ0v) is 11.1. The van der Waals surface area contributed by atoms with Gasteiger partial charge in [-0.1, -0.05) is 40.2 Å². The highest BCUT2D eigenvalue weighted by Crippen LogP contribution is 2.37. The van der Waals surface area contributed by atoms with Gasteiger partial charge in [0.2, 0.25) is 0 Å². The summed E-state index contributed by atoms with van der Waals surface area (Å²) in [7, 11) is 0. The largest absolute Gasteiger partial charge is 0.489 e. The summed E-state index contributed by atoms with van der Waals surface area (Å²) in [4.78, 5) is 0. The molecule has 0 bridgehead atoms. The van der Waals surface area contributed by atoms with Crippen LogP contribution in [0.25, 0.3) is 0 Å². The molecule has 1 heterocycles. The predicted octanol–water partition coefficient (Wildman–Crippen LogP) is 4.00. The van der Waals surface area contributed by atoms with Crippen LogP contribution in [0.1, 0.15) is 22.6 Å². The Morgan fingerprint density at radius 1 is 1.17 bits per heavy atom. The molecule has 88 valence electrons. The van der Waals surface area contributed by atoms with E-state index in [1.54, 1.807) is 0 Å². The van der Waals surface area contributed by atoms with Crippen molar-refractivity contribution in [3.05, 3.63) is 63.6 Å². The van der Waals surface area contributed by atoms with Gasteiger partial charge in [-0.25, -0.2) is 0 Å². The monoisotopic (exact) mass is 299 g/mol. The van der Waals surface area contributed by atoms with E-state index in [1.807, 2.05) is 42.5 Å². The Morgan fingerprint density at radius 2 is 2.00 bits per heavy atom. The highest BCUT2D eigenvalue weighted by Gasteiger charge is 2.24. The summed E-state index contributed by atoms with van der Waals surface area (Å²) in [6.07, 6.45) is 0. The molecule has 0 N–H and O–H groups in total. The minimum Gasteiger partial charge on any atom is -0.489 e. The van der Waals surface area contributed by atoms with Crippen LogP contribution in [-0.2, 0) is 6.61 Å². The van der Waals surface area contributed by atoms with Crippen LogP contribution in [0.15, 0.2) is 46.9 Å². The van der Waals surface area contributed by atoms with Crippen molar-refractivity contribution in [1.29, 1.82) is 5.26 Å². The summed E-state index contributed by atoms with van der Waals surface area (Å²) >= 11 is 3.46. The van der Waals surface area contributed by atoms with Crippen LogP contribution < -0.4 is 4.74 Å². The van der Waals surface area contributed by atoms with E-state index in [1.165, 1.54) is 0 Å². The minimum absolute atomic E-state index is 0.267. The quantitative estimate of drug-likeness (QED) is 0.737. The zero-order chi connectivity index (χ0) is 12.5. The second-order valence-corrected chi connectivity index (χ2v) is 5.15. The Labute approximate surface area is 114 Å². The highest BCUT2D eigenvalue weighted by molar-refractivity contribution is 9.10. The maximum absolute atomic E-state index is 9.48. The van der Waals surface area contributed by atoms with Crippen molar-refractivity contribution in [3.63, 3.8) is 0 Å². The normalized spacial score (nSPS) is 16.8. The molecule has 1 aliphatic heterocycles. The fraction of sp³-hybridized carbons (Fsp3) is 0.133. The van der Waals surface area contributed by atoms with Crippen molar-refractivity contribution < 1.29 is 4.74 Å². The van der Waals surface area contributed by atoms with Gasteiger partial charge >= 0.3 is 0 Å². The first kappa shape index (κ1) is 11.3. The second kappa shape index (κ2) is 4.47. The number of ether oxygens (including phenoxy) is 1. The first-order chi connectivity index (χ1) is 8.79. The molecule has 0 saturated heterocycles. The number of nitriles is 1. The van der Waals surface area contributed by atoms with Gasteiger partial charge in [-0.2, -0.15) is 5.26 Å². The fourth-order valence-corrected chi connectivity index (χ4v) is 2.66. The van der Waals surface area contributed by atoms with Crippen molar-refractivity contribution in [2.75, 3.05) is 0 Å². The SMILES string of the molecule is N#CC1c2cc(Br)ccc2COc2ccccc21. The molecule has 2 aromatic carbocycles. The van der Waals surface area contributed by atoms with Gasteiger partial charge in [-0.15, -0.1) is 0 Å². The molecule has 2 aromatic rings. The first-order valence-electron chi connectivity index (χ1n) is 5.69. The summed E-state index contributed by atoms with van der Waals surface area (Å²) in [6.45, 7) is 0.512. The standard InChI is InChI=1S/C15H10BrNO/c16-11-6-5-10-9-18-15-4-2-1-3-12(15)14(8-17)13(10)7-11/h1-7,14H,9H2. The Bertz CT molecular complexity index is 645. The average Bonchev–Trinajstić information content (AvgIpc) is 2.54. The number of hydrogen-bond acceptors (Lipinski definition) is 2. The lowest BCUT2D eigenvalue weighted by Gasteiger charge is -2.11. The average molecular weight is 300 g/mol. The van der Waals surface area contributed by atoms with E-state index >= 15 is 0 Å². The van der Waals surface area contributed by atoms with E-state index in [2.05, 4.69) is 22.0 Å². The van der Waals surface area contributed by atoms with E-state index in [0.29, 0.717) is 6.61 Å². The van der Waals surface area contributed by atoms with Crippen LogP contribution in [0.2, 0.25) is 0 Å². The van der Waals surface area contributed by atoms with E-state index in [4.69, 9.17) is 4.74 Å². The molecule has 0 aliphatic carbocycles. The van der Waals surface area contributed by atoms with Crippen molar-refractivity contribution >= 4 is 15.9 Å². The van der Waals surface area contributed by atoms with Crippen LogP contribution in [0.3, 0.4) is 0 Å². The topological polar surface area (TPSA) is 33.0 Å². The third-order valence-corrected chi connectivity index (χ3v) is 3.65. The molecule has 3 heteroatoms. The molecule has 1 aliphatic rings. The number of para-hydroxylation sites is 1. The van der Waals surface area contributed by atoms with Crippen LogP contribution in [-0.4, -0.2) is 0 Å². The van der Waals surface area contributed by atoms with E-state index < -0.39 is 0 Å². The number of hydrogen-bond donors (Lipinski definition) is 0. The maximum Gasteiger partial charge on any atom is 0.124 e. The van der Waals surface area contributed by atoms with Gasteiger partial charge in [0, 0.05) is 10.0 Å². The predicted molar refractivity (Wildman–Crippen MR) is 72.4 cm³/mol. The lowest BCUT2D eigenvalue weighted by atomic mass is 9.90. The first-order valence-corrected chi connectivity index (χ1v) is 6.48. The Balaban J connectivity index is 2.24. The van der Waals surface area contributed by atoms with Gasteiger partial charge < -0.3 is 4.74 Å². The van der Waals surface area contributed by atoms with Crippen molar-refractivity contribution in [2.45, 2.75) is 12.5 Å². The van der Waals surface area contributed by atoms with Gasteiger partial charge in [-0.3, -0.25) is 0 Å². The van der Waals surface area contributed by atoms with Gasteiger partial charge in [-0.05, 0) is 29.3 Å². The van der Waals surface area contributed by atoms with Crippen LogP contribution in [0.5, 0.6) is 5.75 Å². The van der Waals surface area contributed by atoms with Gasteiger partial charge in [0.1, 0.15) is 18.3 Å². The lowest BCUT2D eigenvalue weighted by Crippen LogP contribution is -2.00. The summed E-state index contributed by atoms with van der Waals surface area (Å²) in [5.41, 5.74) is 3.04. The minimum atomic E-state index is -0.267. The summed E-state index contributed by atoms with van der Waals surface area (Å²) < 4.78 is 6.77. The zero-order valence-electron chi connectivity index (χ0n) is 9.56. The molecular formula is C15H10BrNO. The Kier molecular flexibility index (Phi) is 2.81. The molecule has 3 rings (SSSR count). The summed E-state index contributed by atoms with van der Waals surface area (Å²) in [5, 5.41) is 9.48. The Hall–Kier alpha value is -1.79. The molecule has 18 heavy (non-hydrogen) atoms. The van der Waals surface area contributed by atoms with Crippen LogP contribution in [0.4, 0.5) is 0 Å². The second-order valence-electron chi connectivity index (χ2n) is 4.23. The molecule has 1 unspecified atom stereocenters.